The Hall–Kier alpha value is -1.62. The maximum atomic E-state index is 12.8. The van der Waals surface area contributed by atoms with E-state index in [4.69, 9.17) is 4.74 Å². The number of hydrogen-bond donors (Lipinski definition) is 3. The Bertz CT molecular complexity index is 661. The highest BCUT2D eigenvalue weighted by atomic mass is 32.1. The van der Waals surface area contributed by atoms with Crippen LogP contribution in [0.2, 0.25) is 0 Å². The fourth-order valence-corrected chi connectivity index (χ4v) is 4.44. The quantitative estimate of drug-likeness (QED) is 0.660. The number of anilines is 1. The molecule has 1 aromatic heterocycles. The minimum absolute atomic E-state index is 0.0494. The molecule has 4 heterocycles. The van der Waals surface area contributed by atoms with E-state index in [0.717, 1.165) is 31.0 Å². The molecule has 3 aliphatic heterocycles. The molecular formula is C15H22N6O3S. The molecule has 0 spiro atoms. The van der Waals surface area contributed by atoms with Crippen molar-refractivity contribution in [2.45, 2.75) is 31.9 Å². The van der Waals surface area contributed by atoms with Crippen LogP contribution in [0.4, 0.5) is 5.13 Å². The number of nitrogens with zero attached hydrogens (tertiary/aromatic N) is 3. The molecule has 4 atom stereocenters. The average Bonchev–Trinajstić information content (AvgIpc) is 3.31. The highest BCUT2D eigenvalue weighted by Crippen LogP contribution is 2.28. The van der Waals surface area contributed by atoms with Gasteiger partial charge in [0.1, 0.15) is 5.01 Å². The van der Waals surface area contributed by atoms with Crippen LogP contribution in [0, 0.1) is 18.8 Å². The van der Waals surface area contributed by atoms with Crippen molar-refractivity contribution in [1.29, 1.82) is 0 Å². The Labute approximate surface area is 149 Å². The third kappa shape index (κ3) is 3.52. The van der Waals surface area contributed by atoms with E-state index in [1.54, 1.807) is 0 Å². The molecule has 0 radical (unpaired) electrons. The minimum Gasteiger partial charge on any atom is -0.377 e. The number of ether oxygens (including phenoxy) is 1. The zero-order chi connectivity index (χ0) is 17.4. The Morgan fingerprint density at radius 1 is 1.44 bits per heavy atom. The lowest BCUT2D eigenvalue weighted by Gasteiger charge is -2.39. The summed E-state index contributed by atoms with van der Waals surface area (Å²) in [7, 11) is 0. The SMILES string of the molecule is Cc1nnc(NC(=O)C2CN(CC3CCCO3)CC3C(=O)NNC32)s1. The molecule has 4 unspecified atom stereocenters. The third-order valence-corrected chi connectivity index (χ3v) is 5.81. The van der Waals surface area contributed by atoms with Crippen LogP contribution in [0.25, 0.3) is 0 Å². The Balaban J connectivity index is 1.47. The third-order valence-electron chi connectivity index (χ3n) is 5.05. The van der Waals surface area contributed by atoms with Crippen molar-refractivity contribution in [2.24, 2.45) is 11.8 Å². The van der Waals surface area contributed by atoms with Crippen LogP contribution in [0.1, 0.15) is 17.8 Å². The van der Waals surface area contributed by atoms with Gasteiger partial charge in [0, 0.05) is 26.2 Å². The van der Waals surface area contributed by atoms with E-state index in [1.165, 1.54) is 11.3 Å². The lowest BCUT2D eigenvalue weighted by molar-refractivity contribution is -0.127. The number of hydrazine groups is 1. The summed E-state index contributed by atoms with van der Waals surface area (Å²) in [5.74, 6) is -0.760. The molecule has 1 aromatic rings. The van der Waals surface area contributed by atoms with Crippen molar-refractivity contribution in [2.75, 3.05) is 31.6 Å². The van der Waals surface area contributed by atoms with Gasteiger partial charge in [0.15, 0.2) is 0 Å². The van der Waals surface area contributed by atoms with Crippen molar-refractivity contribution in [1.82, 2.24) is 25.9 Å². The highest BCUT2D eigenvalue weighted by molar-refractivity contribution is 7.15. The monoisotopic (exact) mass is 366 g/mol. The number of hydrogen-bond acceptors (Lipinski definition) is 8. The van der Waals surface area contributed by atoms with Crippen LogP contribution in [0.3, 0.4) is 0 Å². The second-order valence-corrected chi connectivity index (χ2v) is 8.02. The molecule has 10 heteroatoms. The van der Waals surface area contributed by atoms with Gasteiger partial charge in [0.05, 0.1) is 24.0 Å². The number of piperidine rings is 1. The molecule has 3 fully saturated rings. The number of fused-ring (bicyclic) bond motifs is 1. The Morgan fingerprint density at radius 3 is 3.04 bits per heavy atom. The van der Waals surface area contributed by atoms with E-state index in [0.29, 0.717) is 18.2 Å². The van der Waals surface area contributed by atoms with Gasteiger partial charge < -0.3 is 10.1 Å². The van der Waals surface area contributed by atoms with Crippen LogP contribution in [-0.2, 0) is 14.3 Å². The topological polar surface area (TPSA) is 108 Å². The van der Waals surface area contributed by atoms with Crippen molar-refractivity contribution in [3.05, 3.63) is 5.01 Å². The number of likely N-dealkylation sites (tertiary alicyclic amines) is 1. The summed E-state index contributed by atoms with van der Waals surface area (Å²) >= 11 is 1.34. The van der Waals surface area contributed by atoms with Crippen molar-refractivity contribution in [3.63, 3.8) is 0 Å². The van der Waals surface area contributed by atoms with Gasteiger partial charge in [-0.2, -0.15) is 0 Å². The van der Waals surface area contributed by atoms with E-state index in [2.05, 4.69) is 31.3 Å². The molecule has 0 bridgehead atoms. The number of carbonyl (C=O) groups is 2. The predicted octanol–water partition coefficient (Wildman–Crippen LogP) is -0.485. The summed E-state index contributed by atoms with van der Waals surface area (Å²) in [6, 6.07) is -0.206. The van der Waals surface area contributed by atoms with Crippen molar-refractivity contribution >= 4 is 28.3 Å². The molecule has 3 N–H and O–H groups in total. The summed E-state index contributed by atoms with van der Waals surface area (Å²) in [6.45, 7) is 4.64. The normalized spacial score (nSPS) is 32.4. The highest BCUT2D eigenvalue weighted by Gasteiger charge is 2.47. The predicted molar refractivity (Wildman–Crippen MR) is 90.7 cm³/mol. The second kappa shape index (κ2) is 6.94. The van der Waals surface area contributed by atoms with E-state index in [-0.39, 0.29) is 35.8 Å². The van der Waals surface area contributed by atoms with Crippen molar-refractivity contribution in [3.8, 4) is 0 Å². The Kier molecular flexibility index (Phi) is 4.67. The fourth-order valence-electron chi connectivity index (χ4n) is 3.85. The van der Waals surface area contributed by atoms with E-state index in [1.807, 2.05) is 6.92 Å². The molecule has 3 aliphatic rings. The smallest absolute Gasteiger partial charge is 0.240 e. The summed E-state index contributed by atoms with van der Waals surface area (Å²) in [5.41, 5.74) is 5.67. The molecule has 9 nitrogen and oxygen atoms in total. The number of aryl methyl sites for hydroxylation is 1. The number of carbonyl (C=O) groups excluding carboxylic acids is 2. The second-order valence-electron chi connectivity index (χ2n) is 6.84. The number of amides is 2. The molecule has 25 heavy (non-hydrogen) atoms. The van der Waals surface area contributed by atoms with Gasteiger partial charge in [0.25, 0.3) is 0 Å². The summed E-state index contributed by atoms with van der Waals surface area (Å²) in [4.78, 5) is 27.1. The van der Waals surface area contributed by atoms with Gasteiger partial charge in [-0.25, -0.2) is 5.43 Å². The van der Waals surface area contributed by atoms with E-state index in [9.17, 15) is 9.59 Å². The van der Waals surface area contributed by atoms with Gasteiger partial charge in [0.2, 0.25) is 16.9 Å². The molecule has 0 aromatic carbocycles. The van der Waals surface area contributed by atoms with Crippen LogP contribution < -0.4 is 16.2 Å². The summed E-state index contributed by atoms with van der Waals surface area (Å²) in [6.07, 6.45) is 2.31. The van der Waals surface area contributed by atoms with Gasteiger partial charge in [-0.1, -0.05) is 11.3 Å². The zero-order valence-corrected chi connectivity index (χ0v) is 14.8. The fraction of sp³-hybridized carbons (Fsp3) is 0.733. The molecule has 136 valence electrons. The molecule has 0 saturated carbocycles. The molecule has 3 saturated heterocycles. The van der Waals surface area contributed by atoms with Gasteiger partial charge >= 0.3 is 0 Å². The molecular weight excluding hydrogens is 344 g/mol. The van der Waals surface area contributed by atoms with Gasteiger partial charge in [-0.15, -0.1) is 10.2 Å². The first-order valence-corrected chi connectivity index (χ1v) is 9.42. The van der Waals surface area contributed by atoms with Crippen LogP contribution in [-0.4, -0.2) is 65.3 Å². The van der Waals surface area contributed by atoms with E-state index < -0.39 is 0 Å². The molecule has 4 rings (SSSR count). The zero-order valence-electron chi connectivity index (χ0n) is 14.0. The van der Waals surface area contributed by atoms with Gasteiger partial charge in [-0.3, -0.25) is 19.9 Å². The standard InChI is InChI=1S/C15H22N6O3S/c1-8-17-20-15(25-8)16-13(22)10-6-21(5-9-3-2-4-24-9)7-11-12(10)18-19-14(11)23/h9-12,18H,2-7H2,1H3,(H,19,23)(H,16,20,22). The molecule has 0 aliphatic carbocycles. The average molecular weight is 366 g/mol. The first-order valence-electron chi connectivity index (χ1n) is 8.60. The summed E-state index contributed by atoms with van der Waals surface area (Å²) < 4.78 is 5.71. The Morgan fingerprint density at radius 2 is 2.32 bits per heavy atom. The van der Waals surface area contributed by atoms with Crippen LogP contribution >= 0.6 is 11.3 Å². The minimum atomic E-state index is -0.344. The maximum absolute atomic E-state index is 12.8. The number of nitrogens with one attached hydrogen (secondary N) is 3. The largest absolute Gasteiger partial charge is 0.377 e. The summed E-state index contributed by atoms with van der Waals surface area (Å²) in [5, 5.41) is 12.0. The maximum Gasteiger partial charge on any atom is 0.240 e. The van der Waals surface area contributed by atoms with Crippen LogP contribution in [0.5, 0.6) is 0 Å². The van der Waals surface area contributed by atoms with Crippen molar-refractivity contribution < 1.29 is 14.3 Å². The number of aromatic nitrogens is 2. The molecule has 2 amide bonds. The van der Waals surface area contributed by atoms with E-state index >= 15 is 0 Å². The number of rotatable bonds is 4. The lowest BCUT2D eigenvalue weighted by atomic mass is 9.84. The first-order chi connectivity index (χ1) is 12.1. The lowest BCUT2D eigenvalue weighted by Crippen LogP contribution is -2.56. The van der Waals surface area contributed by atoms with Crippen LogP contribution in [0.15, 0.2) is 0 Å². The van der Waals surface area contributed by atoms with Gasteiger partial charge in [-0.05, 0) is 19.8 Å². The first kappa shape index (κ1) is 16.8.